The molecular formula is C57H34. The van der Waals surface area contributed by atoms with Crippen LogP contribution in [-0.4, -0.2) is 0 Å². The summed E-state index contributed by atoms with van der Waals surface area (Å²) in [6, 6.07) is 72.8. The van der Waals surface area contributed by atoms with Crippen LogP contribution in [0.5, 0.6) is 0 Å². The summed E-state index contributed by atoms with van der Waals surface area (Å²) in [5.74, 6) is 0. The van der Waals surface area contributed by atoms with Gasteiger partial charge in [0, 0.05) is 0 Å². The van der Waals surface area contributed by atoms with E-state index in [2.05, 4.69) is 194 Å². The van der Waals surface area contributed by atoms with E-state index in [1.54, 1.807) is 0 Å². The number of hydrogen-bond donors (Lipinski definition) is 0. The lowest BCUT2D eigenvalue weighted by molar-refractivity contribution is 1.26. The molecular weight excluding hydrogens is 685 g/mol. The highest BCUT2D eigenvalue weighted by molar-refractivity contribution is 6.20. The molecule has 0 spiro atoms. The Hall–Kier alpha value is -7.28. The molecule has 262 valence electrons. The number of rotatable bonds is 4. The average Bonchev–Trinajstić information content (AvgIpc) is 3.93. The fraction of sp³-hybridized carbons (Fsp3) is 0.0175. The van der Waals surface area contributed by atoms with Gasteiger partial charge in [0.25, 0.3) is 0 Å². The number of fused-ring (bicyclic) bond motifs is 9. The van der Waals surface area contributed by atoms with Gasteiger partial charge in [0.2, 0.25) is 0 Å². The Morgan fingerprint density at radius 1 is 0.211 bits per heavy atom. The Morgan fingerprint density at radius 3 is 0.947 bits per heavy atom. The zero-order valence-electron chi connectivity index (χ0n) is 31.2. The van der Waals surface area contributed by atoms with Gasteiger partial charge in [-0.3, -0.25) is 0 Å². The average molecular weight is 719 g/mol. The van der Waals surface area contributed by atoms with Crippen molar-refractivity contribution in [3.63, 3.8) is 0 Å². The summed E-state index contributed by atoms with van der Waals surface area (Å²) >= 11 is 0. The van der Waals surface area contributed by atoms with Crippen LogP contribution in [0.3, 0.4) is 0 Å². The molecule has 0 heteroatoms. The maximum Gasteiger partial charge on any atom is -0.00130 e. The third-order valence-corrected chi connectivity index (χ3v) is 13.0. The van der Waals surface area contributed by atoms with Crippen LogP contribution in [0.1, 0.15) is 11.1 Å². The SMILES string of the molecule is c1ccc2c(c1)-c1cccc3c(-c4ccc(-c5ccc6c(c5)Cc5cc(-c7ccc(-c8ccc9c%10c(cccc8%10)-c8ccccc8-9)cc7)ccc5-6)cc4)ccc-2c13. The fourth-order valence-corrected chi connectivity index (χ4v) is 10.4. The van der Waals surface area contributed by atoms with Gasteiger partial charge in [0.05, 0.1) is 0 Å². The molecule has 10 aromatic rings. The second-order valence-corrected chi connectivity index (χ2v) is 15.9. The maximum atomic E-state index is 2.41. The van der Waals surface area contributed by atoms with Crippen LogP contribution >= 0.6 is 0 Å². The summed E-state index contributed by atoms with van der Waals surface area (Å²) in [6.45, 7) is 0. The minimum Gasteiger partial charge on any atom is -0.0616 e. The first-order chi connectivity index (χ1) is 28.2. The number of hydrogen-bond acceptors (Lipinski definition) is 0. The first-order valence-electron chi connectivity index (χ1n) is 20.0. The highest BCUT2D eigenvalue weighted by atomic mass is 14.3. The van der Waals surface area contributed by atoms with Crippen LogP contribution in [0.2, 0.25) is 0 Å². The van der Waals surface area contributed by atoms with Gasteiger partial charge in [-0.25, -0.2) is 0 Å². The molecule has 57 heavy (non-hydrogen) atoms. The zero-order valence-corrected chi connectivity index (χ0v) is 31.2. The Labute approximate surface area is 332 Å². The van der Waals surface area contributed by atoms with Gasteiger partial charge >= 0.3 is 0 Å². The molecule has 3 aliphatic carbocycles. The summed E-state index contributed by atoms with van der Waals surface area (Å²) in [6.07, 6.45) is 0.953. The lowest BCUT2D eigenvalue weighted by Gasteiger charge is -2.11. The van der Waals surface area contributed by atoms with Crippen LogP contribution < -0.4 is 0 Å². The quantitative estimate of drug-likeness (QED) is 0.170. The van der Waals surface area contributed by atoms with Crippen LogP contribution in [-0.2, 0) is 6.42 Å². The minimum atomic E-state index is 0.953. The van der Waals surface area contributed by atoms with E-state index in [1.165, 1.54) is 133 Å². The molecule has 0 fully saturated rings. The van der Waals surface area contributed by atoms with Crippen molar-refractivity contribution in [3.05, 3.63) is 205 Å². The Morgan fingerprint density at radius 2 is 0.526 bits per heavy atom. The molecule has 10 aromatic carbocycles. The molecule has 0 aromatic heterocycles. The first kappa shape index (κ1) is 31.0. The van der Waals surface area contributed by atoms with E-state index < -0.39 is 0 Å². The van der Waals surface area contributed by atoms with Crippen LogP contribution in [0, 0.1) is 0 Å². The summed E-state index contributed by atoms with van der Waals surface area (Å²) in [7, 11) is 0. The van der Waals surface area contributed by atoms with Crippen LogP contribution in [0.25, 0.3) is 122 Å². The third-order valence-electron chi connectivity index (χ3n) is 13.0. The molecule has 0 amide bonds. The molecule has 0 nitrogen and oxygen atoms in total. The predicted octanol–water partition coefficient (Wildman–Crippen LogP) is 15.5. The van der Waals surface area contributed by atoms with E-state index in [4.69, 9.17) is 0 Å². The second kappa shape index (κ2) is 11.6. The summed E-state index contributed by atoms with van der Waals surface area (Å²) in [5, 5.41) is 5.39. The van der Waals surface area contributed by atoms with Crippen molar-refractivity contribution < 1.29 is 0 Å². The van der Waals surface area contributed by atoms with Crippen molar-refractivity contribution in [1.29, 1.82) is 0 Å². The van der Waals surface area contributed by atoms with Crippen molar-refractivity contribution in [2.75, 3.05) is 0 Å². The fourth-order valence-electron chi connectivity index (χ4n) is 10.4. The van der Waals surface area contributed by atoms with Gasteiger partial charge in [0.1, 0.15) is 0 Å². The van der Waals surface area contributed by atoms with Crippen molar-refractivity contribution in [2.24, 2.45) is 0 Å². The van der Waals surface area contributed by atoms with E-state index in [-0.39, 0.29) is 0 Å². The molecule has 13 rings (SSSR count). The molecule has 0 bridgehead atoms. The van der Waals surface area contributed by atoms with Crippen LogP contribution in [0.4, 0.5) is 0 Å². The molecule has 0 unspecified atom stereocenters. The normalized spacial score (nSPS) is 12.5. The zero-order chi connectivity index (χ0) is 37.2. The molecule has 0 saturated heterocycles. The Bertz CT molecular complexity index is 3060. The molecule has 0 N–H and O–H groups in total. The smallest absolute Gasteiger partial charge is 0.00130 e. The van der Waals surface area contributed by atoms with Gasteiger partial charge in [-0.05, 0) is 139 Å². The standard InChI is InChI=1S/C57H34/c1-3-9-48-46(7-1)52-13-5-11-50-42(27-29-54(48)56(50)52)36-19-15-34(16-20-36)38-23-25-44-40(31-38)33-41-32-39(24-26-45(41)44)35-17-21-37(22-18-35)43-28-30-55-49-10-4-2-8-47(49)53-14-6-12-51(43)57(53)55/h1-32H,33H2. The van der Waals surface area contributed by atoms with Crippen molar-refractivity contribution in [2.45, 2.75) is 6.42 Å². The largest absolute Gasteiger partial charge is 0.0616 e. The third kappa shape index (κ3) is 4.44. The first-order valence-corrected chi connectivity index (χ1v) is 20.0. The van der Waals surface area contributed by atoms with Crippen molar-refractivity contribution in [1.82, 2.24) is 0 Å². The molecule has 0 heterocycles. The number of benzene rings is 10. The highest BCUT2D eigenvalue weighted by Crippen LogP contribution is 2.51. The predicted molar refractivity (Wildman–Crippen MR) is 240 cm³/mol. The molecule has 0 saturated carbocycles. The van der Waals surface area contributed by atoms with E-state index in [1.807, 2.05) is 0 Å². The monoisotopic (exact) mass is 718 g/mol. The minimum absolute atomic E-state index is 0.953. The maximum absolute atomic E-state index is 2.41. The summed E-state index contributed by atoms with van der Waals surface area (Å²) in [5.41, 5.74) is 26.4. The van der Waals surface area contributed by atoms with E-state index in [0.29, 0.717) is 0 Å². The Kier molecular flexibility index (Phi) is 6.31. The lowest BCUT2D eigenvalue weighted by atomic mass is 9.92. The molecule has 3 aliphatic rings. The topological polar surface area (TPSA) is 0 Å². The van der Waals surface area contributed by atoms with Crippen LogP contribution in [0.15, 0.2) is 194 Å². The summed E-state index contributed by atoms with van der Waals surface area (Å²) < 4.78 is 0. The molecule has 0 aliphatic heterocycles. The lowest BCUT2D eigenvalue weighted by Crippen LogP contribution is -1.86. The van der Waals surface area contributed by atoms with Gasteiger partial charge in [-0.2, -0.15) is 0 Å². The van der Waals surface area contributed by atoms with Crippen molar-refractivity contribution >= 4 is 21.5 Å². The highest BCUT2D eigenvalue weighted by Gasteiger charge is 2.24. The molecule has 0 radical (unpaired) electrons. The molecule has 0 atom stereocenters. The van der Waals surface area contributed by atoms with E-state index in [0.717, 1.165) is 6.42 Å². The van der Waals surface area contributed by atoms with Gasteiger partial charge in [-0.1, -0.05) is 194 Å². The van der Waals surface area contributed by atoms with E-state index in [9.17, 15) is 0 Å². The second-order valence-electron chi connectivity index (χ2n) is 15.9. The summed E-state index contributed by atoms with van der Waals surface area (Å²) in [4.78, 5) is 0. The van der Waals surface area contributed by atoms with Gasteiger partial charge < -0.3 is 0 Å². The van der Waals surface area contributed by atoms with Gasteiger partial charge in [0.15, 0.2) is 0 Å². The Balaban J connectivity index is 0.774. The van der Waals surface area contributed by atoms with Gasteiger partial charge in [-0.15, -0.1) is 0 Å². The van der Waals surface area contributed by atoms with E-state index >= 15 is 0 Å². The van der Waals surface area contributed by atoms with Crippen molar-refractivity contribution in [3.8, 4) is 100 Å².